The molecule has 0 radical (unpaired) electrons. The van der Waals surface area contributed by atoms with E-state index in [2.05, 4.69) is 24.5 Å². The van der Waals surface area contributed by atoms with E-state index in [9.17, 15) is 4.79 Å². The minimum atomic E-state index is 0.132. The lowest BCUT2D eigenvalue weighted by atomic mass is 9.96. The third-order valence-electron chi connectivity index (χ3n) is 3.19. The smallest absolute Gasteiger partial charge is 0.223 e. The second-order valence-electron chi connectivity index (χ2n) is 4.84. The van der Waals surface area contributed by atoms with Crippen molar-refractivity contribution in [2.24, 2.45) is 11.8 Å². The fraction of sp³-hybridized carbons (Fsp3) is 0.917. The number of hydrogen-bond donors (Lipinski definition) is 2. The van der Waals surface area contributed by atoms with Gasteiger partial charge in [0.1, 0.15) is 0 Å². The zero-order valence-corrected chi connectivity index (χ0v) is 10.6. The average molecular weight is 228 g/mol. The fourth-order valence-electron chi connectivity index (χ4n) is 1.97. The molecule has 0 bridgehead atoms. The minimum Gasteiger partial charge on any atom is -0.383 e. The van der Waals surface area contributed by atoms with Gasteiger partial charge in [-0.2, -0.15) is 0 Å². The summed E-state index contributed by atoms with van der Waals surface area (Å²) in [6, 6.07) is 0.132. The van der Waals surface area contributed by atoms with Crippen LogP contribution in [0.1, 0.15) is 26.7 Å². The van der Waals surface area contributed by atoms with Crippen LogP contribution in [0.3, 0.4) is 0 Å². The van der Waals surface area contributed by atoms with Crippen LogP contribution in [0, 0.1) is 11.8 Å². The highest BCUT2D eigenvalue weighted by Gasteiger charge is 2.24. The molecule has 1 atom stereocenters. The first-order chi connectivity index (χ1) is 7.65. The molecule has 94 valence electrons. The lowest BCUT2D eigenvalue weighted by Gasteiger charge is -2.27. The molecule has 2 N–H and O–H groups in total. The predicted molar refractivity (Wildman–Crippen MR) is 64.2 cm³/mol. The monoisotopic (exact) mass is 228 g/mol. The van der Waals surface area contributed by atoms with Gasteiger partial charge >= 0.3 is 0 Å². The van der Waals surface area contributed by atoms with Crippen LogP contribution in [0.25, 0.3) is 0 Å². The quantitative estimate of drug-likeness (QED) is 0.731. The van der Waals surface area contributed by atoms with E-state index in [-0.39, 0.29) is 17.9 Å². The number of rotatable bonds is 5. The molecule has 1 fully saturated rings. The van der Waals surface area contributed by atoms with Gasteiger partial charge in [0.15, 0.2) is 0 Å². The van der Waals surface area contributed by atoms with E-state index in [1.54, 1.807) is 7.11 Å². The van der Waals surface area contributed by atoms with E-state index in [4.69, 9.17) is 4.74 Å². The highest BCUT2D eigenvalue weighted by molar-refractivity contribution is 5.79. The van der Waals surface area contributed by atoms with Crippen molar-refractivity contribution in [2.45, 2.75) is 32.7 Å². The summed E-state index contributed by atoms with van der Waals surface area (Å²) in [5, 5.41) is 6.36. The Hall–Kier alpha value is -0.610. The molecule has 1 unspecified atom stereocenters. The van der Waals surface area contributed by atoms with Crippen LogP contribution in [0.15, 0.2) is 0 Å². The summed E-state index contributed by atoms with van der Waals surface area (Å²) in [5.41, 5.74) is 0. The molecule has 1 saturated heterocycles. The number of nitrogens with one attached hydrogen (secondary N) is 2. The van der Waals surface area contributed by atoms with Gasteiger partial charge in [0.05, 0.1) is 12.6 Å². The van der Waals surface area contributed by atoms with Crippen LogP contribution in [0.2, 0.25) is 0 Å². The average Bonchev–Trinajstić information content (AvgIpc) is 2.29. The van der Waals surface area contributed by atoms with Crippen molar-refractivity contribution in [1.82, 2.24) is 10.6 Å². The number of methoxy groups -OCH3 is 1. The Morgan fingerprint density at radius 1 is 1.44 bits per heavy atom. The number of amides is 1. The van der Waals surface area contributed by atoms with Crippen molar-refractivity contribution in [3.8, 4) is 0 Å². The zero-order chi connectivity index (χ0) is 12.0. The standard InChI is InChI=1S/C12H24N2O2/c1-9(2)11(8-16-3)14-12(15)10-4-6-13-7-5-10/h9-11,13H,4-8H2,1-3H3,(H,14,15). The molecule has 4 nitrogen and oxygen atoms in total. The van der Waals surface area contributed by atoms with Gasteiger partial charge in [-0.05, 0) is 31.8 Å². The molecule has 1 rings (SSSR count). The normalized spacial score (nSPS) is 19.8. The van der Waals surface area contributed by atoms with Gasteiger partial charge in [0.2, 0.25) is 5.91 Å². The van der Waals surface area contributed by atoms with Crippen LogP contribution in [-0.4, -0.2) is 38.8 Å². The van der Waals surface area contributed by atoms with Crippen molar-refractivity contribution in [3.05, 3.63) is 0 Å². The molecule has 0 aromatic carbocycles. The number of hydrogen-bond acceptors (Lipinski definition) is 3. The first kappa shape index (κ1) is 13.5. The Balaban J connectivity index is 2.40. The lowest BCUT2D eigenvalue weighted by molar-refractivity contribution is -0.127. The van der Waals surface area contributed by atoms with E-state index >= 15 is 0 Å². The molecule has 0 aliphatic carbocycles. The molecule has 4 heteroatoms. The van der Waals surface area contributed by atoms with E-state index in [1.165, 1.54) is 0 Å². The second kappa shape index (κ2) is 6.86. The van der Waals surface area contributed by atoms with Crippen LogP contribution in [-0.2, 0) is 9.53 Å². The van der Waals surface area contributed by atoms with Crippen molar-refractivity contribution in [3.63, 3.8) is 0 Å². The fourth-order valence-corrected chi connectivity index (χ4v) is 1.97. The van der Waals surface area contributed by atoms with Crippen LogP contribution >= 0.6 is 0 Å². The largest absolute Gasteiger partial charge is 0.383 e. The molecule has 1 heterocycles. The highest BCUT2D eigenvalue weighted by atomic mass is 16.5. The van der Waals surface area contributed by atoms with Crippen molar-refractivity contribution in [2.75, 3.05) is 26.8 Å². The van der Waals surface area contributed by atoms with Crippen LogP contribution < -0.4 is 10.6 Å². The van der Waals surface area contributed by atoms with E-state index < -0.39 is 0 Å². The summed E-state index contributed by atoms with van der Waals surface area (Å²) >= 11 is 0. The summed E-state index contributed by atoms with van der Waals surface area (Å²) in [7, 11) is 1.67. The van der Waals surface area contributed by atoms with E-state index in [0.717, 1.165) is 25.9 Å². The van der Waals surface area contributed by atoms with Gasteiger partial charge in [-0.3, -0.25) is 4.79 Å². The Bertz CT molecular complexity index is 213. The molecule has 0 aromatic heterocycles. The third kappa shape index (κ3) is 4.10. The Labute approximate surface area is 98.1 Å². The van der Waals surface area contributed by atoms with E-state index in [0.29, 0.717) is 12.5 Å². The summed E-state index contributed by atoms with van der Waals surface area (Å²) in [5.74, 6) is 0.780. The van der Waals surface area contributed by atoms with Crippen molar-refractivity contribution >= 4 is 5.91 Å². The number of carbonyl (C=O) groups excluding carboxylic acids is 1. The molecule has 0 saturated carbocycles. The van der Waals surface area contributed by atoms with Gasteiger partial charge in [-0.1, -0.05) is 13.8 Å². The minimum absolute atomic E-state index is 0.132. The van der Waals surface area contributed by atoms with Gasteiger partial charge in [0.25, 0.3) is 0 Å². The molecular weight excluding hydrogens is 204 g/mol. The Kier molecular flexibility index (Phi) is 5.77. The molecule has 1 amide bonds. The zero-order valence-electron chi connectivity index (χ0n) is 10.6. The topological polar surface area (TPSA) is 50.4 Å². The summed E-state index contributed by atoms with van der Waals surface area (Å²) < 4.78 is 5.13. The maximum Gasteiger partial charge on any atom is 0.223 e. The molecular formula is C12H24N2O2. The highest BCUT2D eigenvalue weighted by Crippen LogP contribution is 2.13. The molecule has 0 spiro atoms. The van der Waals surface area contributed by atoms with Crippen molar-refractivity contribution in [1.29, 1.82) is 0 Å². The number of piperidine rings is 1. The maximum atomic E-state index is 12.0. The molecule has 1 aliphatic rings. The summed E-state index contributed by atoms with van der Waals surface area (Å²) in [6.45, 7) is 6.70. The first-order valence-corrected chi connectivity index (χ1v) is 6.15. The van der Waals surface area contributed by atoms with Crippen LogP contribution in [0.4, 0.5) is 0 Å². The van der Waals surface area contributed by atoms with Crippen molar-refractivity contribution < 1.29 is 9.53 Å². The van der Waals surface area contributed by atoms with Gasteiger partial charge in [-0.15, -0.1) is 0 Å². The SMILES string of the molecule is COCC(NC(=O)C1CCNCC1)C(C)C. The molecule has 1 aliphatic heterocycles. The number of ether oxygens (including phenoxy) is 1. The maximum absolute atomic E-state index is 12.0. The van der Waals surface area contributed by atoms with Gasteiger partial charge < -0.3 is 15.4 Å². The van der Waals surface area contributed by atoms with Gasteiger partial charge in [-0.25, -0.2) is 0 Å². The Morgan fingerprint density at radius 3 is 2.56 bits per heavy atom. The van der Waals surface area contributed by atoms with Crippen LogP contribution in [0.5, 0.6) is 0 Å². The second-order valence-corrected chi connectivity index (χ2v) is 4.84. The third-order valence-corrected chi connectivity index (χ3v) is 3.19. The predicted octanol–water partition coefficient (Wildman–Crippen LogP) is 0.773. The lowest BCUT2D eigenvalue weighted by Crippen LogP contribution is -2.46. The van der Waals surface area contributed by atoms with Gasteiger partial charge in [0, 0.05) is 13.0 Å². The van der Waals surface area contributed by atoms with E-state index in [1.807, 2.05) is 0 Å². The number of carbonyl (C=O) groups is 1. The Morgan fingerprint density at radius 2 is 2.06 bits per heavy atom. The molecule has 0 aromatic rings. The summed E-state index contributed by atoms with van der Waals surface area (Å²) in [4.78, 5) is 12.0. The first-order valence-electron chi connectivity index (χ1n) is 6.15. The molecule has 16 heavy (non-hydrogen) atoms. The summed E-state index contributed by atoms with van der Waals surface area (Å²) in [6.07, 6.45) is 1.90.